The summed E-state index contributed by atoms with van der Waals surface area (Å²) in [5.41, 5.74) is 1.02. The predicted molar refractivity (Wildman–Crippen MR) is 96.8 cm³/mol. The van der Waals surface area contributed by atoms with Crippen molar-refractivity contribution in [3.63, 3.8) is 0 Å². The standard InChI is InChI=1S/C18H28N2O4S/c1-3-24-13-5-11-19-18(21)16-6-4-12-20(14-16)25(22,23)17-9-7-15(2)8-10-17/h7-10,16H,3-6,11-14H2,1-2H3,(H,19,21)/t16-/m1/s1. The Hall–Kier alpha value is -1.44. The fourth-order valence-corrected chi connectivity index (χ4v) is 4.43. The lowest BCUT2D eigenvalue weighted by Crippen LogP contribution is -2.45. The van der Waals surface area contributed by atoms with Crippen LogP contribution in [0.5, 0.6) is 0 Å². The van der Waals surface area contributed by atoms with E-state index >= 15 is 0 Å². The second-order valence-electron chi connectivity index (χ2n) is 6.36. The number of nitrogens with zero attached hydrogens (tertiary/aromatic N) is 1. The number of aryl methyl sites for hydroxylation is 1. The molecule has 140 valence electrons. The molecule has 2 rings (SSSR count). The highest BCUT2D eigenvalue weighted by Gasteiger charge is 2.33. The fraction of sp³-hybridized carbons (Fsp3) is 0.611. The van der Waals surface area contributed by atoms with Crippen molar-refractivity contribution < 1.29 is 17.9 Å². The Morgan fingerprint density at radius 1 is 1.32 bits per heavy atom. The molecule has 1 aliphatic heterocycles. The normalized spacial score (nSPS) is 18.9. The van der Waals surface area contributed by atoms with Gasteiger partial charge in [-0.1, -0.05) is 17.7 Å². The average molecular weight is 368 g/mol. The van der Waals surface area contributed by atoms with Gasteiger partial charge in [-0.15, -0.1) is 0 Å². The average Bonchev–Trinajstić information content (AvgIpc) is 2.62. The van der Waals surface area contributed by atoms with Gasteiger partial charge >= 0.3 is 0 Å². The smallest absolute Gasteiger partial charge is 0.243 e. The van der Waals surface area contributed by atoms with Crippen LogP contribution in [0, 0.1) is 12.8 Å². The van der Waals surface area contributed by atoms with E-state index < -0.39 is 10.0 Å². The zero-order valence-corrected chi connectivity index (χ0v) is 15.8. The predicted octanol–water partition coefficient (Wildman–Crippen LogP) is 1.94. The van der Waals surface area contributed by atoms with Crippen molar-refractivity contribution in [3.05, 3.63) is 29.8 Å². The zero-order chi connectivity index (χ0) is 18.3. The molecule has 1 aromatic rings. The van der Waals surface area contributed by atoms with Gasteiger partial charge in [-0.3, -0.25) is 4.79 Å². The molecule has 0 radical (unpaired) electrons. The first-order chi connectivity index (χ1) is 11.9. The topological polar surface area (TPSA) is 75.7 Å². The maximum absolute atomic E-state index is 12.8. The first-order valence-electron chi connectivity index (χ1n) is 8.87. The van der Waals surface area contributed by atoms with Crippen LogP contribution < -0.4 is 5.32 Å². The number of carbonyl (C=O) groups excluding carboxylic acids is 1. The van der Waals surface area contributed by atoms with E-state index in [1.165, 1.54) is 4.31 Å². The van der Waals surface area contributed by atoms with Gasteiger partial charge in [-0.05, 0) is 45.2 Å². The lowest BCUT2D eigenvalue weighted by molar-refractivity contribution is -0.126. The minimum atomic E-state index is -3.54. The van der Waals surface area contributed by atoms with E-state index in [2.05, 4.69) is 5.32 Å². The molecule has 1 N–H and O–H groups in total. The van der Waals surface area contributed by atoms with Crippen molar-refractivity contribution >= 4 is 15.9 Å². The second-order valence-corrected chi connectivity index (χ2v) is 8.29. The first-order valence-corrected chi connectivity index (χ1v) is 10.3. The number of hydrogen-bond acceptors (Lipinski definition) is 4. The van der Waals surface area contributed by atoms with Gasteiger partial charge in [0.25, 0.3) is 0 Å². The van der Waals surface area contributed by atoms with E-state index in [0.29, 0.717) is 32.7 Å². The molecule has 1 aromatic carbocycles. The Morgan fingerprint density at radius 3 is 2.72 bits per heavy atom. The molecule has 1 saturated heterocycles. The summed E-state index contributed by atoms with van der Waals surface area (Å²) in [7, 11) is -3.54. The minimum absolute atomic E-state index is 0.0692. The van der Waals surface area contributed by atoms with E-state index in [1.807, 2.05) is 13.8 Å². The number of hydrogen-bond donors (Lipinski definition) is 1. The lowest BCUT2D eigenvalue weighted by atomic mass is 9.99. The summed E-state index contributed by atoms with van der Waals surface area (Å²) in [5.74, 6) is -0.360. The number of rotatable bonds is 8. The maximum Gasteiger partial charge on any atom is 0.243 e. The van der Waals surface area contributed by atoms with E-state index in [9.17, 15) is 13.2 Å². The van der Waals surface area contributed by atoms with Gasteiger partial charge in [0.2, 0.25) is 15.9 Å². The summed E-state index contributed by atoms with van der Waals surface area (Å²) >= 11 is 0. The molecule has 1 atom stereocenters. The molecule has 25 heavy (non-hydrogen) atoms. The van der Waals surface area contributed by atoms with Gasteiger partial charge in [0.1, 0.15) is 0 Å². The Morgan fingerprint density at radius 2 is 2.04 bits per heavy atom. The highest BCUT2D eigenvalue weighted by Crippen LogP contribution is 2.24. The quantitative estimate of drug-likeness (QED) is 0.712. The molecule has 0 bridgehead atoms. The van der Waals surface area contributed by atoms with Crippen LogP contribution in [0.1, 0.15) is 31.7 Å². The molecule has 7 heteroatoms. The van der Waals surface area contributed by atoms with Gasteiger partial charge < -0.3 is 10.1 Å². The summed E-state index contributed by atoms with van der Waals surface area (Å²) in [6.07, 6.45) is 2.18. The van der Waals surface area contributed by atoms with E-state index in [0.717, 1.165) is 18.4 Å². The van der Waals surface area contributed by atoms with Crippen LogP contribution in [-0.2, 0) is 19.6 Å². The molecule has 0 unspecified atom stereocenters. The number of piperidine rings is 1. The Bertz CT molecular complexity index is 658. The van der Waals surface area contributed by atoms with Gasteiger partial charge in [0.15, 0.2) is 0 Å². The number of carbonyl (C=O) groups is 1. The number of amides is 1. The van der Waals surface area contributed by atoms with Crippen LogP contribution in [0.3, 0.4) is 0 Å². The minimum Gasteiger partial charge on any atom is -0.382 e. The second kappa shape index (κ2) is 9.31. The molecule has 1 fully saturated rings. The molecule has 6 nitrogen and oxygen atoms in total. The number of nitrogens with one attached hydrogen (secondary N) is 1. The van der Waals surface area contributed by atoms with Crippen LogP contribution in [0.2, 0.25) is 0 Å². The van der Waals surface area contributed by atoms with Crippen molar-refractivity contribution in [2.75, 3.05) is 32.8 Å². The summed E-state index contributed by atoms with van der Waals surface area (Å²) in [5, 5.41) is 2.89. The molecule has 1 amide bonds. The van der Waals surface area contributed by atoms with Gasteiger partial charge in [-0.2, -0.15) is 4.31 Å². The van der Waals surface area contributed by atoms with E-state index in [4.69, 9.17) is 4.74 Å². The first kappa shape index (κ1) is 19.9. The molecule has 1 heterocycles. The molecule has 0 aliphatic carbocycles. The third-order valence-corrected chi connectivity index (χ3v) is 6.26. The maximum atomic E-state index is 12.8. The summed E-state index contributed by atoms with van der Waals surface area (Å²) in [4.78, 5) is 12.6. The van der Waals surface area contributed by atoms with Crippen LogP contribution in [0.4, 0.5) is 0 Å². The fourth-order valence-electron chi connectivity index (χ4n) is 2.91. The molecule has 0 spiro atoms. The van der Waals surface area contributed by atoms with Crippen molar-refractivity contribution in [1.82, 2.24) is 9.62 Å². The Labute approximate surface area is 150 Å². The Balaban J connectivity index is 1.93. The van der Waals surface area contributed by atoms with Crippen LogP contribution in [0.25, 0.3) is 0 Å². The van der Waals surface area contributed by atoms with Crippen molar-refractivity contribution in [2.45, 2.75) is 38.0 Å². The van der Waals surface area contributed by atoms with Gasteiger partial charge in [-0.25, -0.2) is 8.42 Å². The number of benzene rings is 1. The summed E-state index contributed by atoms with van der Waals surface area (Å²) in [6.45, 7) is 6.41. The molecular weight excluding hydrogens is 340 g/mol. The third-order valence-electron chi connectivity index (χ3n) is 4.38. The van der Waals surface area contributed by atoms with Crippen molar-refractivity contribution in [3.8, 4) is 0 Å². The monoisotopic (exact) mass is 368 g/mol. The largest absolute Gasteiger partial charge is 0.382 e. The number of sulfonamides is 1. The highest BCUT2D eigenvalue weighted by atomic mass is 32.2. The Kier molecular flexibility index (Phi) is 7.40. The highest BCUT2D eigenvalue weighted by molar-refractivity contribution is 7.89. The molecule has 0 aromatic heterocycles. The van der Waals surface area contributed by atoms with Crippen LogP contribution >= 0.6 is 0 Å². The van der Waals surface area contributed by atoms with Crippen molar-refractivity contribution in [2.24, 2.45) is 5.92 Å². The van der Waals surface area contributed by atoms with Crippen LogP contribution in [-0.4, -0.2) is 51.5 Å². The van der Waals surface area contributed by atoms with Gasteiger partial charge in [0, 0.05) is 32.8 Å². The molecule has 1 aliphatic rings. The molecular formula is C18H28N2O4S. The summed E-state index contributed by atoms with van der Waals surface area (Å²) < 4.78 is 32.2. The van der Waals surface area contributed by atoms with E-state index in [1.54, 1.807) is 24.3 Å². The third kappa shape index (κ3) is 5.52. The SMILES string of the molecule is CCOCCCNC(=O)[C@@H]1CCCN(S(=O)(=O)c2ccc(C)cc2)C1. The summed E-state index contributed by atoms with van der Waals surface area (Å²) in [6, 6.07) is 6.84. The van der Waals surface area contributed by atoms with Crippen molar-refractivity contribution in [1.29, 1.82) is 0 Å². The van der Waals surface area contributed by atoms with Crippen LogP contribution in [0.15, 0.2) is 29.2 Å². The zero-order valence-electron chi connectivity index (χ0n) is 15.0. The van der Waals surface area contributed by atoms with E-state index in [-0.39, 0.29) is 23.3 Å². The van der Waals surface area contributed by atoms with Gasteiger partial charge in [0.05, 0.1) is 10.8 Å². The lowest BCUT2D eigenvalue weighted by Gasteiger charge is -2.31. The molecule has 0 saturated carbocycles. The number of ether oxygens (including phenoxy) is 1.